The summed E-state index contributed by atoms with van der Waals surface area (Å²) in [6.07, 6.45) is 1.59. The maximum Gasteiger partial charge on any atom is 0.225 e. The first-order valence-electron chi connectivity index (χ1n) is 4.56. The van der Waals surface area contributed by atoms with Crippen molar-refractivity contribution in [2.24, 2.45) is 0 Å². The minimum Gasteiger partial charge on any atom is -0.378 e. The average molecular weight is 218 g/mol. The van der Waals surface area contributed by atoms with E-state index >= 15 is 0 Å². The van der Waals surface area contributed by atoms with Crippen molar-refractivity contribution in [1.29, 1.82) is 5.26 Å². The van der Waals surface area contributed by atoms with Crippen LogP contribution in [0.5, 0.6) is 0 Å². The molecular weight excluding hydrogens is 204 g/mol. The van der Waals surface area contributed by atoms with E-state index in [1.54, 1.807) is 6.07 Å². The van der Waals surface area contributed by atoms with E-state index in [9.17, 15) is 8.42 Å². The summed E-state index contributed by atoms with van der Waals surface area (Å²) in [6, 6.07) is 1.57. The summed E-state index contributed by atoms with van der Waals surface area (Å²) in [5, 5.41) is 8.25. The second kappa shape index (κ2) is 4.73. The molecule has 0 unspecified atom stereocenters. The molecule has 6 heteroatoms. The van der Waals surface area contributed by atoms with Crippen LogP contribution in [-0.4, -0.2) is 32.9 Å². The Labute approximate surface area is 84.1 Å². The predicted molar refractivity (Wildman–Crippen MR) is 51.0 cm³/mol. The Hall–Kier alpha value is -0.640. The molecular formula is C8H14N2O3S. The molecule has 1 saturated carbocycles. The van der Waals surface area contributed by atoms with Gasteiger partial charge in [-0.2, -0.15) is 5.26 Å². The molecule has 0 aromatic rings. The Kier molecular flexibility index (Phi) is 3.86. The van der Waals surface area contributed by atoms with Crippen LogP contribution in [0.15, 0.2) is 0 Å². The fraction of sp³-hybridized carbons (Fsp3) is 0.875. The second-order valence-corrected chi connectivity index (χ2v) is 5.03. The van der Waals surface area contributed by atoms with E-state index in [1.165, 1.54) is 0 Å². The van der Waals surface area contributed by atoms with E-state index in [0.29, 0.717) is 19.4 Å². The Balaban J connectivity index is 2.26. The molecule has 0 aromatic carbocycles. The smallest absolute Gasteiger partial charge is 0.225 e. The summed E-state index contributed by atoms with van der Waals surface area (Å²) >= 11 is 0. The third kappa shape index (κ3) is 3.25. The Morgan fingerprint density at radius 3 is 2.71 bits per heavy atom. The van der Waals surface area contributed by atoms with Crippen LogP contribution in [-0.2, 0) is 14.8 Å². The van der Waals surface area contributed by atoms with E-state index in [-0.39, 0.29) is 12.1 Å². The summed E-state index contributed by atoms with van der Waals surface area (Å²) in [6.45, 7) is 2.56. The molecule has 80 valence electrons. The van der Waals surface area contributed by atoms with Crippen LogP contribution < -0.4 is 4.72 Å². The summed E-state index contributed by atoms with van der Waals surface area (Å²) in [5.41, 5.74) is 0. The Morgan fingerprint density at radius 2 is 2.21 bits per heavy atom. The topological polar surface area (TPSA) is 79.2 Å². The minimum atomic E-state index is -3.40. The van der Waals surface area contributed by atoms with E-state index in [0.717, 1.165) is 0 Å². The van der Waals surface area contributed by atoms with Crippen molar-refractivity contribution < 1.29 is 13.2 Å². The fourth-order valence-corrected chi connectivity index (χ4v) is 2.37. The van der Waals surface area contributed by atoms with Crippen LogP contribution in [0.1, 0.15) is 19.8 Å². The molecule has 1 aliphatic carbocycles. The van der Waals surface area contributed by atoms with Gasteiger partial charge in [-0.05, 0) is 19.8 Å². The maximum absolute atomic E-state index is 11.1. The zero-order valence-corrected chi connectivity index (χ0v) is 8.88. The van der Waals surface area contributed by atoms with Crippen LogP contribution in [0.25, 0.3) is 0 Å². The molecule has 5 nitrogen and oxygen atoms in total. The molecule has 0 atom stereocenters. The van der Waals surface area contributed by atoms with Crippen molar-refractivity contribution >= 4 is 10.0 Å². The van der Waals surface area contributed by atoms with Gasteiger partial charge in [0.05, 0.1) is 12.2 Å². The number of hydrogen-bond donors (Lipinski definition) is 1. The number of sulfonamides is 1. The summed E-state index contributed by atoms with van der Waals surface area (Å²) in [7, 11) is -3.40. The molecule has 0 saturated heterocycles. The van der Waals surface area contributed by atoms with Crippen molar-refractivity contribution in [2.75, 3.05) is 12.4 Å². The number of rotatable bonds is 5. The number of nitrogens with one attached hydrogen (secondary N) is 1. The zero-order valence-electron chi connectivity index (χ0n) is 8.06. The van der Waals surface area contributed by atoms with E-state index < -0.39 is 15.8 Å². The van der Waals surface area contributed by atoms with Gasteiger partial charge in [-0.15, -0.1) is 0 Å². The van der Waals surface area contributed by atoms with Crippen molar-refractivity contribution in [3.63, 3.8) is 0 Å². The quantitative estimate of drug-likeness (QED) is 0.704. The van der Waals surface area contributed by atoms with Crippen molar-refractivity contribution in [1.82, 2.24) is 4.72 Å². The molecule has 1 rings (SSSR count). The van der Waals surface area contributed by atoms with E-state index in [4.69, 9.17) is 10.00 Å². The Morgan fingerprint density at radius 1 is 1.57 bits per heavy atom. The highest BCUT2D eigenvalue weighted by Crippen LogP contribution is 2.23. The highest BCUT2D eigenvalue weighted by atomic mass is 32.2. The first kappa shape index (κ1) is 11.4. The highest BCUT2D eigenvalue weighted by Gasteiger charge is 2.32. The fourth-order valence-electron chi connectivity index (χ4n) is 1.41. The standard InChI is InChI=1S/C8H14N2O3S/c1-2-13-8-5-7(6-8)10-14(11,12)4-3-9/h7-8,10H,2,4-6H2,1H3. The minimum absolute atomic E-state index is 0.0510. The number of ether oxygens (including phenoxy) is 1. The van der Waals surface area contributed by atoms with Gasteiger partial charge in [-0.3, -0.25) is 0 Å². The molecule has 0 radical (unpaired) electrons. The summed E-state index contributed by atoms with van der Waals surface area (Å²) in [5.74, 6) is -0.469. The van der Waals surface area contributed by atoms with Crippen LogP contribution in [0.2, 0.25) is 0 Å². The van der Waals surface area contributed by atoms with Gasteiger partial charge < -0.3 is 4.74 Å². The molecule has 14 heavy (non-hydrogen) atoms. The molecule has 0 aromatic heterocycles. The van der Waals surface area contributed by atoms with Gasteiger partial charge in [-0.25, -0.2) is 13.1 Å². The van der Waals surface area contributed by atoms with Crippen LogP contribution in [0.4, 0.5) is 0 Å². The van der Waals surface area contributed by atoms with E-state index in [2.05, 4.69) is 4.72 Å². The number of nitrogens with zero attached hydrogens (tertiary/aromatic N) is 1. The van der Waals surface area contributed by atoms with Crippen LogP contribution in [0, 0.1) is 11.3 Å². The van der Waals surface area contributed by atoms with Gasteiger partial charge in [0.15, 0.2) is 5.75 Å². The lowest BCUT2D eigenvalue weighted by atomic mass is 9.90. The van der Waals surface area contributed by atoms with Crippen molar-refractivity contribution in [3.8, 4) is 6.07 Å². The van der Waals surface area contributed by atoms with Crippen LogP contribution >= 0.6 is 0 Å². The third-order valence-corrected chi connectivity index (χ3v) is 3.30. The summed E-state index contributed by atoms with van der Waals surface area (Å²) < 4.78 is 30.0. The molecule has 1 aliphatic rings. The number of nitriles is 1. The van der Waals surface area contributed by atoms with Gasteiger partial charge in [-0.1, -0.05) is 0 Å². The number of hydrogen-bond acceptors (Lipinski definition) is 4. The van der Waals surface area contributed by atoms with Gasteiger partial charge >= 0.3 is 0 Å². The maximum atomic E-state index is 11.1. The normalized spacial score (nSPS) is 26.6. The molecule has 1 fully saturated rings. The lowest BCUT2D eigenvalue weighted by molar-refractivity contribution is -0.00473. The third-order valence-electron chi connectivity index (χ3n) is 2.10. The monoisotopic (exact) mass is 218 g/mol. The predicted octanol–water partition coefficient (Wildman–Crippen LogP) is -0.00312. The molecule has 0 bridgehead atoms. The largest absolute Gasteiger partial charge is 0.378 e. The molecule has 0 amide bonds. The van der Waals surface area contributed by atoms with Gasteiger partial charge in [0.2, 0.25) is 10.0 Å². The van der Waals surface area contributed by atoms with Crippen molar-refractivity contribution in [2.45, 2.75) is 31.9 Å². The molecule has 0 aliphatic heterocycles. The highest BCUT2D eigenvalue weighted by molar-refractivity contribution is 7.89. The van der Waals surface area contributed by atoms with Crippen LogP contribution in [0.3, 0.4) is 0 Å². The molecule has 1 N–H and O–H groups in total. The van der Waals surface area contributed by atoms with Gasteiger partial charge in [0, 0.05) is 12.6 Å². The zero-order chi connectivity index (χ0) is 10.6. The van der Waals surface area contributed by atoms with Gasteiger partial charge in [0.1, 0.15) is 0 Å². The Bertz CT molecular complexity index is 314. The van der Waals surface area contributed by atoms with Crippen molar-refractivity contribution in [3.05, 3.63) is 0 Å². The first-order chi connectivity index (χ1) is 6.57. The summed E-state index contributed by atoms with van der Waals surface area (Å²) in [4.78, 5) is 0. The van der Waals surface area contributed by atoms with E-state index in [1.807, 2.05) is 6.92 Å². The molecule has 0 heterocycles. The lowest BCUT2D eigenvalue weighted by Crippen LogP contribution is -2.48. The first-order valence-corrected chi connectivity index (χ1v) is 6.21. The average Bonchev–Trinajstić information content (AvgIpc) is 2.00. The molecule has 0 spiro atoms. The lowest BCUT2D eigenvalue weighted by Gasteiger charge is -2.34. The van der Waals surface area contributed by atoms with Gasteiger partial charge in [0.25, 0.3) is 0 Å². The second-order valence-electron chi connectivity index (χ2n) is 3.28. The SMILES string of the molecule is CCOC1CC(NS(=O)(=O)CC#N)C1.